The van der Waals surface area contributed by atoms with Crippen molar-refractivity contribution < 1.29 is 5.11 Å². The lowest BCUT2D eigenvalue weighted by Gasteiger charge is -2.09. The summed E-state index contributed by atoms with van der Waals surface area (Å²) in [6.45, 7) is 1.98. The second kappa shape index (κ2) is 4.67. The summed E-state index contributed by atoms with van der Waals surface area (Å²) in [5, 5.41) is 9.83. The van der Waals surface area contributed by atoms with Crippen molar-refractivity contribution >= 4 is 5.57 Å². The standard InChI is InChI=1S/C15H14O/c1-2-13(12-8-4-3-5-9-12)14-10-6-7-11-15(14)16/h2-11,16H,1H3/b13-2-. The maximum Gasteiger partial charge on any atom is 0.123 e. The number of phenols is 1. The van der Waals surface area contributed by atoms with Gasteiger partial charge in [-0.05, 0) is 24.1 Å². The largest absolute Gasteiger partial charge is 0.507 e. The fourth-order valence-corrected chi connectivity index (χ4v) is 1.80. The summed E-state index contributed by atoms with van der Waals surface area (Å²) in [7, 11) is 0. The monoisotopic (exact) mass is 210 g/mol. The van der Waals surface area contributed by atoms with Gasteiger partial charge < -0.3 is 5.11 Å². The molecule has 1 N–H and O–H groups in total. The van der Waals surface area contributed by atoms with E-state index in [1.807, 2.05) is 61.5 Å². The first-order valence-electron chi connectivity index (χ1n) is 5.33. The van der Waals surface area contributed by atoms with Crippen molar-refractivity contribution in [1.82, 2.24) is 0 Å². The number of hydrogen-bond donors (Lipinski definition) is 1. The van der Waals surface area contributed by atoms with Crippen molar-refractivity contribution in [3.05, 3.63) is 71.8 Å². The molecule has 0 aromatic heterocycles. The summed E-state index contributed by atoms with van der Waals surface area (Å²) < 4.78 is 0. The predicted octanol–water partition coefficient (Wildman–Crippen LogP) is 3.84. The second-order valence-electron chi connectivity index (χ2n) is 3.59. The van der Waals surface area contributed by atoms with Crippen LogP contribution in [0.4, 0.5) is 0 Å². The highest BCUT2D eigenvalue weighted by Gasteiger charge is 2.06. The first-order valence-corrected chi connectivity index (χ1v) is 5.33. The Hall–Kier alpha value is -2.02. The molecule has 0 aliphatic carbocycles. The maximum absolute atomic E-state index is 9.83. The minimum Gasteiger partial charge on any atom is -0.507 e. The molecule has 80 valence electrons. The van der Waals surface area contributed by atoms with Gasteiger partial charge in [0.15, 0.2) is 0 Å². The Morgan fingerprint density at radius 1 is 0.938 bits per heavy atom. The van der Waals surface area contributed by atoms with Crippen LogP contribution in [-0.2, 0) is 0 Å². The normalized spacial score (nSPS) is 11.4. The van der Waals surface area contributed by atoms with Gasteiger partial charge in [-0.1, -0.05) is 54.6 Å². The summed E-state index contributed by atoms with van der Waals surface area (Å²) >= 11 is 0. The SMILES string of the molecule is C/C=C(/c1ccccc1)c1ccccc1O. The molecule has 16 heavy (non-hydrogen) atoms. The highest BCUT2D eigenvalue weighted by atomic mass is 16.3. The summed E-state index contributed by atoms with van der Waals surface area (Å²) in [5.74, 6) is 0.319. The zero-order valence-electron chi connectivity index (χ0n) is 9.22. The van der Waals surface area contributed by atoms with Crippen LogP contribution in [0.3, 0.4) is 0 Å². The van der Waals surface area contributed by atoms with Crippen molar-refractivity contribution in [2.75, 3.05) is 0 Å². The Morgan fingerprint density at radius 2 is 1.56 bits per heavy atom. The molecule has 0 spiro atoms. The zero-order chi connectivity index (χ0) is 11.4. The Labute approximate surface area is 95.7 Å². The molecule has 0 heterocycles. The van der Waals surface area contributed by atoms with E-state index in [2.05, 4.69) is 0 Å². The molecule has 0 amide bonds. The molecule has 1 nitrogen and oxygen atoms in total. The highest BCUT2D eigenvalue weighted by Crippen LogP contribution is 2.29. The van der Waals surface area contributed by atoms with Gasteiger partial charge in [0.1, 0.15) is 5.75 Å². The van der Waals surface area contributed by atoms with E-state index in [0.29, 0.717) is 5.75 Å². The molecule has 0 bridgehead atoms. The van der Waals surface area contributed by atoms with Crippen molar-refractivity contribution in [2.45, 2.75) is 6.92 Å². The minimum atomic E-state index is 0.319. The number of hydrogen-bond acceptors (Lipinski definition) is 1. The fourth-order valence-electron chi connectivity index (χ4n) is 1.80. The molecular formula is C15H14O. The highest BCUT2D eigenvalue weighted by molar-refractivity contribution is 5.82. The number of aromatic hydroxyl groups is 1. The fraction of sp³-hybridized carbons (Fsp3) is 0.0667. The number of para-hydroxylation sites is 1. The topological polar surface area (TPSA) is 20.2 Å². The van der Waals surface area contributed by atoms with Gasteiger partial charge in [-0.3, -0.25) is 0 Å². The average molecular weight is 210 g/mol. The molecule has 0 unspecified atom stereocenters. The molecule has 0 atom stereocenters. The van der Waals surface area contributed by atoms with Gasteiger partial charge in [-0.25, -0.2) is 0 Å². The van der Waals surface area contributed by atoms with E-state index in [1.54, 1.807) is 6.07 Å². The quantitative estimate of drug-likeness (QED) is 0.798. The lowest BCUT2D eigenvalue weighted by molar-refractivity contribution is 0.473. The van der Waals surface area contributed by atoms with Gasteiger partial charge in [0.2, 0.25) is 0 Å². The van der Waals surface area contributed by atoms with E-state index < -0.39 is 0 Å². The van der Waals surface area contributed by atoms with Crippen LogP contribution < -0.4 is 0 Å². The molecule has 0 aliphatic heterocycles. The Morgan fingerprint density at radius 3 is 2.19 bits per heavy atom. The van der Waals surface area contributed by atoms with E-state index >= 15 is 0 Å². The Bertz CT molecular complexity index is 498. The predicted molar refractivity (Wildman–Crippen MR) is 67.3 cm³/mol. The molecule has 2 rings (SSSR count). The van der Waals surface area contributed by atoms with Crippen LogP contribution in [0.2, 0.25) is 0 Å². The molecule has 0 radical (unpaired) electrons. The first kappa shape index (κ1) is 10.5. The van der Waals surface area contributed by atoms with E-state index in [1.165, 1.54) is 0 Å². The number of allylic oxidation sites excluding steroid dienone is 1. The molecular weight excluding hydrogens is 196 g/mol. The molecule has 0 aliphatic rings. The first-order chi connectivity index (χ1) is 7.83. The van der Waals surface area contributed by atoms with Gasteiger partial charge in [-0.15, -0.1) is 0 Å². The van der Waals surface area contributed by atoms with Gasteiger partial charge in [0.05, 0.1) is 0 Å². The van der Waals surface area contributed by atoms with Crippen LogP contribution >= 0.6 is 0 Å². The summed E-state index contributed by atoms with van der Waals surface area (Å²) in [5.41, 5.74) is 3.04. The average Bonchev–Trinajstić information content (AvgIpc) is 2.34. The number of rotatable bonds is 2. The van der Waals surface area contributed by atoms with Crippen LogP contribution in [0.1, 0.15) is 18.1 Å². The van der Waals surface area contributed by atoms with Crippen molar-refractivity contribution in [3.8, 4) is 5.75 Å². The van der Waals surface area contributed by atoms with Crippen molar-refractivity contribution in [3.63, 3.8) is 0 Å². The van der Waals surface area contributed by atoms with Crippen LogP contribution in [0.25, 0.3) is 5.57 Å². The molecule has 1 heteroatoms. The van der Waals surface area contributed by atoms with E-state index in [9.17, 15) is 5.11 Å². The van der Waals surface area contributed by atoms with Crippen molar-refractivity contribution in [2.24, 2.45) is 0 Å². The summed E-state index contributed by atoms with van der Waals surface area (Å²) in [4.78, 5) is 0. The zero-order valence-corrected chi connectivity index (χ0v) is 9.22. The Balaban J connectivity index is 2.51. The summed E-state index contributed by atoms with van der Waals surface area (Å²) in [6, 6.07) is 17.5. The molecule has 0 fully saturated rings. The number of phenolic OH excluding ortho intramolecular Hbond substituents is 1. The lowest BCUT2D eigenvalue weighted by Crippen LogP contribution is -1.87. The third kappa shape index (κ3) is 1.98. The second-order valence-corrected chi connectivity index (χ2v) is 3.59. The lowest BCUT2D eigenvalue weighted by atomic mass is 9.97. The van der Waals surface area contributed by atoms with Crippen LogP contribution in [0, 0.1) is 0 Å². The smallest absolute Gasteiger partial charge is 0.123 e. The van der Waals surface area contributed by atoms with E-state index in [4.69, 9.17) is 0 Å². The molecule has 0 saturated heterocycles. The van der Waals surface area contributed by atoms with Crippen LogP contribution in [0.5, 0.6) is 5.75 Å². The molecule has 2 aromatic carbocycles. The number of benzene rings is 2. The summed E-state index contributed by atoms with van der Waals surface area (Å²) in [6.07, 6.45) is 2.02. The van der Waals surface area contributed by atoms with Crippen LogP contribution in [0.15, 0.2) is 60.7 Å². The van der Waals surface area contributed by atoms with Gasteiger partial charge in [-0.2, -0.15) is 0 Å². The van der Waals surface area contributed by atoms with Crippen LogP contribution in [-0.4, -0.2) is 5.11 Å². The maximum atomic E-state index is 9.83. The third-order valence-corrected chi connectivity index (χ3v) is 2.57. The van der Waals surface area contributed by atoms with E-state index in [-0.39, 0.29) is 0 Å². The van der Waals surface area contributed by atoms with E-state index in [0.717, 1.165) is 16.7 Å². The van der Waals surface area contributed by atoms with Gasteiger partial charge in [0, 0.05) is 5.56 Å². The molecule has 0 saturated carbocycles. The Kier molecular flexibility index (Phi) is 3.06. The third-order valence-electron chi connectivity index (χ3n) is 2.57. The van der Waals surface area contributed by atoms with Gasteiger partial charge in [0.25, 0.3) is 0 Å². The van der Waals surface area contributed by atoms with Crippen molar-refractivity contribution in [1.29, 1.82) is 0 Å². The molecule has 2 aromatic rings. The van der Waals surface area contributed by atoms with Gasteiger partial charge >= 0.3 is 0 Å². The minimum absolute atomic E-state index is 0.319.